The second-order valence-electron chi connectivity index (χ2n) is 24.0. The summed E-state index contributed by atoms with van der Waals surface area (Å²) in [6.45, 7) is 2.37. The van der Waals surface area contributed by atoms with Crippen LogP contribution in [-0.4, -0.2) is 95.9 Å². The molecular formula is C77H130O16P2. The third kappa shape index (κ3) is 70.8. The molecule has 0 aliphatic rings. The molecule has 0 aliphatic carbocycles. The van der Waals surface area contributed by atoms with Gasteiger partial charge in [0.2, 0.25) is 0 Å². The highest BCUT2D eigenvalue weighted by Gasteiger charge is 2.29. The average Bonchev–Trinajstić information content (AvgIpc) is 1.83. The van der Waals surface area contributed by atoms with Gasteiger partial charge in [-0.15, -0.1) is 0 Å². The fraction of sp³-hybridized carbons (Fsp3) is 0.675. The van der Waals surface area contributed by atoms with E-state index in [1.54, 1.807) is 0 Å². The average molecular weight is 1370 g/mol. The monoisotopic (exact) mass is 1370 g/mol. The number of unbranched alkanes of at least 4 members (excludes halogenated alkanes) is 23. The van der Waals surface area contributed by atoms with E-state index in [1.165, 1.54) is 83.5 Å². The molecule has 0 saturated heterocycles. The van der Waals surface area contributed by atoms with Crippen LogP contribution in [0.4, 0.5) is 0 Å². The number of rotatable bonds is 68. The van der Waals surface area contributed by atoms with Gasteiger partial charge in [-0.05, 0) is 128 Å². The van der Waals surface area contributed by atoms with E-state index in [0.717, 1.165) is 128 Å². The predicted octanol–water partition coefficient (Wildman–Crippen LogP) is 20.8. The third-order valence-corrected chi connectivity index (χ3v) is 16.7. The standard InChI is InChI=1S/C77H130O16P2/c1-4-7-10-13-16-19-22-25-27-29-30-31-32-33-34-35-36-37-38-39-40-42-44-46-48-51-54-57-60-63-75(80)87-66-72(78)67-89-94(83,84)90-68-73(79)69-91-95(85,86)92-71-74(93-77(82)65-62-59-56-53-50-45-24-21-18-15-12-9-6-3)70-88-76(81)64-61-58-55-52-49-47-43-41-28-26-23-20-17-14-11-8-5-2/h8,11-12,15-17,19-21,24-28,30-31,33-34,43,47,52,55,72-74,78-79H,4-7,9-10,13-14,18,22-23,29,32,35-42,44-46,48-51,53-54,56-71H2,1-3H3,(H,83,84)(H,85,86)/b11-8-,15-12-,19-16-,20-17-,24-21-,27-25-,28-26-,31-30-,34-33-,47-43-,55-52-. The lowest BCUT2D eigenvalue weighted by Crippen LogP contribution is -2.30. The van der Waals surface area contributed by atoms with E-state index in [9.17, 15) is 43.5 Å². The minimum absolute atomic E-state index is 0.0727. The molecule has 0 spiro atoms. The van der Waals surface area contributed by atoms with E-state index in [2.05, 4.69) is 142 Å². The summed E-state index contributed by atoms with van der Waals surface area (Å²) in [7, 11) is -9.80. The zero-order valence-corrected chi connectivity index (χ0v) is 60.8. The van der Waals surface area contributed by atoms with E-state index >= 15 is 0 Å². The van der Waals surface area contributed by atoms with E-state index < -0.39 is 91.5 Å². The molecule has 5 atom stereocenters. The maximum Gasteiger partial charge on any atom is 0.472 e. The van der Waals surface area contributed by atoms with Crippen molar-refractivity contribution < 1.29 is 75.8 Å². The molecule has 0 aromatic rings. The van der Waals surface area contributed by atoms with Gasteiger partial charge in [0.1, 0.15) is 25.4 Å². The Labute approximate surface area is 575 Å². The van der Waals surface area contributed by atoms with Gasteiger partial charge in [0.15, 0.2) is 6.10 Å². The summed E-state index contributed by atoms with van der Waals surface area (Å²) in [6.07, 6.45) is 82.4. The van der Waals surface area contributed by atoms with Gasteiger partial charge in [-0.2, -0.15) is 0 Å². The number of aliphatic hydroxyl groups excluding tert-OH is 2. The molecule has 0 saturated carbocycles. The van der Waals surface area contributed by atoms with Crippen LogP contribution in [0.2, 0.25) is 0 Å². The van der Waals surface area contributed by atoms with Crippen LogP contribution >= 0.6 is 15.6 Å². The van der Waals surface area contributed by atoms with Gasteiger partial charge < -0.3 is 34.2 Å². The summed E-state index contributed by atoms with van der Waals surface area (Å²) in [5, 5.41) is 20.6. The molecule has 95 heavy (non-hydrogen) atoms. The molecule has 0 bridgehead atoms. The molecule has 0 radical (unpaired) electrons. The first-order valence-corrected chi connectivity index (χ1v) is 39.5. The Balaban J connectivity index is 4.51. The number of esters is 3. The van der Waals surface area contributed by atoms with Crippen molar-refractivity contribution >= 4 is 33.6 Å². The molecule has 5 unspecified atom stereocenters. The first-order valence-electron chi connectivity index (χ1n) is 36.5. The van der Waals surface area contributed by atoms with E-state index in [4.69, 9.17) is 32.3 Å². The van der Waals surface area contributed by atoms with Crippen molar-refractivity contribution in [2.75, 3.05) is 39.6 Å². The molecule has 4 N–H and O–H groups in total. The smallest absolute Gasteiger partial charge is 0.463 e. The molecule has 16 nitrogen and oxygen atoms in total. The molecule has 0 amide bonds. The van der Waals surface area contributed by atoms with Crippen LogP contribution in [0, 0.1) is 0 Å². The second-order valence-corrected chi connectivity index (χ2v) is 26.9. The summed E-state index contributed by atoms with van der Waals surface area (Å²) in [6, 6.07) is 0. The molecule has 18 heteroatoms. The van der Waals surface area contributed by atoms with Crippen LogP contribution in [0.3, 0.4) is 0 Å². The molecule has 0 rings (SSSR count). The van der Waals surface area contributed by atoms with Crippen LogP contribution in [-0.2, 0) is 55.8 Å². The van der Waals surface area contributed by atoms with Crippen LogP contribution in [0.15, 0.2) is 134 Å². The first kappa shape index (κ1) is 90.7. The fourth-order valence-electron chi connectivity index (χ4n) is 9.27. The molecule has 0 aromatic heterocycles. The van der Waals surface area contributed by atoms with Crippen molar-refractivity contribution in [3.63, 3.8) is 0 Å². The van der Waals surface area contributed by atoms with Crippen molar-refractivity contribution in [1.82, 2.24) is 0 Å². The number of allylic oxidation sites excluding steroid dienone is 22. The van der Waals surface area contributed by atoms with Crippen molar-refractivity contribution in [1.29, 1.82) is 0 Å². The van der Waals surface area contributed by atoms with Crippen molar-refractivity contribution in [2.45, 2.75) is 296 Å². The Morgan fingerprint density at radius 1 is 0.305 bits per heavy atom. The number of aliphatic hydroxyl groups is 2. The summed E-state index contributed by atoms with van der Waals surface area (Å²) < 4.78 is 60.8. The Bertz CT molecular complexity index is 2260. The summed E-state index contributed by atoms with van der Waals surface area (Å²) in [4.78, 5) is 58.4. The van der Waals surface area contributed by atoms with Crippen molar-refractivity contribution in [3.8, 4) is 0 Å². The predicted molar refractivity (Wildman–Crippen MR) is 390 cm³/mol. The van der Waals surface area contributed by atoms with Crippen LogP contribution in [0.5, 0.6) is 0 Å². The normalized spacial score (nSPS) is 14.9. The number of ether oxygens (including phenoxy) is 3. The number of hydrogen-bond acceptors (Lipinski definition) is 14. The van der Waals surface area contributed by atoms with Crippen LogP contribution in [0.25, 0.3) is 0 Å². The zero-order valence-electron chi connectivity index (χ0n) is 59.0. The van der Waals surface area contributed by atoms with Gasteiger partial charge in [0.05, 0.1) is 26.4 Å². The van der Waals surface area contributed by atoms with Crippen LogP contribution in [0.1, 0.15) is 278 Å². The lowest BCUT2D eigenvalue weighted by atomic mass is 10.0. The Morgan fingerprint density at radius 3 is 0.968 bits per heavy atom. The van der Waals surface area contributed by atoms with Gasteiger partial charge in [-0.3, -0.25) is 32.5 Å². The second kappa shape index (κ2) is 69.6. The fourth-order valence-corrected chi connectivity index (χ4v) is 10.9. The number of carbonyl (C=O) groups excluding carboxylic acids is 3. The van der Waals surface area contributed by atoms with Crippen molar-refractivity contribution in [3.05, 3.63) is 134 Å². The summed E-state index contributed by atoms with van der Waals surface area (Å²) >= 11 is 0. The minimum atomic E-state index is -4.94. The van der Waals surface area contributed by atoms with Gasteiger partial charge in [-0.25, -0.2) is 9.13 Å². The highest BCUT2D eigenvalue weighted by atomic mass is 31.2. The largest absolute Gasteiger partial charge is 0.472 e. The zero-order chi connectivity index (χ0) is 69.5. The van der Waals surface area contributed by atoms with Crippen LogP contribution < -0.4 is 0 Å². The van der Waals surface area contributed by atoms with Gasteiger partial charge in [0, 0.05) is 19.3 Å². The van der Waals surface area contributed by atoms with E-state index in [1.807, 2.05) is 12.2 Å². The lowest BCUT2D eigenvalue weighted by Gasteiger charge is -2.21. The topological polar surface area (TPSA) is 231 Å². The van der Waals surface area contributed by atoms with Crippen molar-refractivity contribution in [2.24, 2.45) is 0 Å². The quantitative estimate of drug-likeness (QED) is 0.0146. The first-order chi connectivity index (χ1) is 46.2. The molecule has 0 aromatic carbocycles. The summed E-state index contributed by atoms with van der Waals surface area (Å²) in [5.41, 5.74) is 0. The molecule has 0 aliphatic heterocycles. The number of carbonyl (C=O) groups is 3. The molecule has 0 heterocycles. The third-order valence-electron chi connectivity index (χ3n) is 14.8. The van der Waals surface area contributed by atoms with E-state index in [0.29, 0.717) is 25.7 Å². The minimum Gasteiger partial charge on any atom is -0.463 e. The van der Waals surface area contributed by atoms with Gasteiger partial charge >= 0.3 is 33.6 Å². The summed E-state index contributed by atoms with van der Waals surface area (Å²) in [5.74, 6) is -1.67. The van der Waals surface area contributed by atoms with E-state index in [-0.39, 0.29) is 19.3 Å². The molecular weight excluding hydrogens is 1240 g/mol. The lowest BCUT2D eigenvalue weighted by molar-refractivity contribution is -0.161. The maximum absolute atomic E-state index is 12.9. The van der Waals surface area contributed by atoms with Gasteiger partial charge in [0.25, 0.3) is 0 Å². The maximum atomic E-state index is 12.9. The number of phosphoric acid groups is 2. The highest BCUT2D eigenvalue weighted by molar-refractivity contribution is 7.47. The molecule has 544 valence electrons. The Hall–Kier alpha value is -4.31. The Morgan fingerprint density at radius 2 is 0.589 bits per heavy atom. The SMILES string of the molecule is CC/C=C\C/C=C\C/C=C\C/C=C\C/C=C\CCCC(=O)OCC(COP(=O)(O)OCC(O)COP(=O)(O)OCC(O)COC(=O)CCCCCCCCCCCCCCC/C=C\C/C=C\C/C=C\C/C=C\CCCCC)OC(=O)CCCCCCC/C=C\C/C=C\CCC. The number of phosphoric ester groups is 2. The number of hydrogen-bond donors (Lipinski definition) is 4. The highest BCUT2D eigenvalue weighted by Crippen LogP contribution is 2.45. The molecule has 0 fully saturated rings. The van der Waals surface area contributed by atoms with Gasteiger partial charge in [-0.1, -0.05) is 264 Å². The Kier molecular flexibility index (Phi) is 66.4.